The average molecular weight is 128 g/mol. The molecule has 1 heteroatoms. The molecule has 1 fully saturated rings. The summed E-state index contributed by atoms with van der Waals surface area (Å²) in [5.41, 5.74) is 0. The Labute approximate surface area is 58.3 Å². The van der Waals surface area contributed by atoms with E-state index < -0.39 is 0 Å². The van der Waals surface area contributed by atoms with Crippen molar-refractivity contribution in [2.24, 2.45) is 5.92 Å². The van der Waals surface area contributed by atoms with Crippen molar-refractivity contribution in [1.29, 1.82) is 0 Å². The first-order chi connectivity index (χ1) is 4.10. The van der Waals surface area contributed by atoms with Gasteiger partial charge in [0, 0.05) is 5.92 Å². The van der Waals surface area contributed by atoms with E-state index in [1.807, 2.05) is 0 Å². The van der Waals surface area contributed by atoms with E-state index in [4.69, 9.17) is 0 Å². The lowest BCUT2D eigenvalue weighted by Crippen LogP contribution is -2.46. The number of piperidine rings is 1. The minimum Gasteiger partial charge on any atom is -0.328 e. The molecule has 1 saturated heterocycles. The molecular weight excluding hydrogens is 110 g/mol. The zero-order valence-electron chi connectivity index (χ0n) is 6.85. The number of hydrogen-bond acceptors (Lipinski definition) is 0. The van der Waals surface area contributed by atoms with Gasteiger partial charge in [-0.05, 0) is 12.8 Å². The molecule has 1 aliphatic rings. The lowest BCUT2D eigenvalue weighted by Gasteiger charge is -2.36. The molecule has 1 unspecified atom stereocenters. The SMILES string of the molecule is CC1CCC[N+](C)(C)C1. The Balaban J connectivity index is 2.41. The van der Waals surface area contributed by atoms with Crippen molar-refractivity contribution < 1.29 is 4.48 Å². The van der Waals surface area contributed by atoms with Crippen LogP contribution < -0.4 is 0 Å². The van der Waals surface area contributed by atoms with Crippen LogP contribution >= 0.6 is 0 Å². The van der Waals surface area contributed by atoms with Crippen molar-refractivity contribution in [3.8, 4) is 0 Å². The topological polar surface area (TPSA) is 0 Å². The van der Waals surface area contributed by atoms with Crippen LogP contribution in [0.3, 0.4) is 0 Å². The van der Waals surface area contributed by atoms with Gasteiger partial charge in [-0.1, -0.05) is 6.92 Å². The van der Waals surface area contributed by atoms with Crippen LogP contribution in [-0.2, 0) is 0 Å². The Hall–Kier alpha value is -0.0400. The molecule has 1 aliphatic heterocycles. The third kappa shape index (κ3) is 1.98. The summed E-state index contributed by atoms with van der Waals surface area (Å²) in [4.78, 5) is 0. The van der Waals surface area contributed by atoms with Gasteiger partial charge in [-0.2, -0.15) is 0 Å². The highest BCUT2D eigenvalue weighted by Crippen LogP contribution is 2.18. The lowest BCUT2D eigenvalue weighted by molar-refractivity contribution is -0.898. The summed E-state index contributed by atoms with van der Waals surface area (Å²) in [6.45, 7) is 5.11. The lowest BCUT2D eigenvalue weighted by atomic mass is 9.99. The third-order valence-corrected chi connectivity index (χ3v) is 2.27. The minimum atomic E-state index is 0.953. The maximum Gasteiger partial charge on any atom is 0.0808 e. The van der Waals surface area contributed by atoms with Gasteiger partial charge in [0.25, 0.3) is 0 Å². The van der Waals surface area contributed by atoms with Crippen LogP contribution in [0.1, 0.15) is 19.8 Å². The number of hydrogen-bond donors (Lipinski definition) is 0. The predicted octanol–water partition coefficient (Wildman–Crippen LogP) is 1.49. The molecule has 0 amide bonds. The van der Waals surface area contributed by atoms with Crippen molar-refractivity contribution in [3.05, 3.63) is 0 Å². The molecule has 1 rings (SSSR count). The van der Waals surface area contributed by atoms with E-state index in [0.29, 0.717) is 0 Å². The molecule has 0 radical (unpaired) electrons. The molecule has 1 atom stereocenters. The van der Waals surface area contributed by atoms with Crippen molar-refractivity contribution in [2.75, 3.05) is 27.2 Å². The van der Waals surface area contributed by atoms with Gasteiger partial charge in [0.15, 0.2) is 0 Å². The van der Waals surface area contributed by atoms with E-state index in [-0.39, 0.29) is 0 Å². The van der Waals surface area contributed by atoms with Gasteiger partial charge in [0.1, 0.15) is 0 Å². The minimum absolute atomic E-state index is 0.953. The summed E-state index contributed by atoms with van der Waals surface area (Å²) in [5, 5.41) is 0. The van der Waals surface area contributed by atoms with Gasteiger partial charge in [-0.3, -0.25) is 0 Å². The van der Waals surface area contributed by atoms with E-state index in [1.165, 1.54) is 30.4 Å². The van der Waals surface area contributed by atoms with Gasteiger partial charge in [-0.15, -0.1) is 0 Å². The van der Waals surface area contributed by atoms with Crippen molar-refractivity contribution in [2.45, 2.75) is 19.8 Å². The van der Waals surface area contributed by atoms with E-state index >= 15 is 0 Å². The molecule has 0 N–H and O–H groups in total. The second-order valence-electron chi connectivity index (χ2n) is 4.09. The molecule has 0 aromatic carbocycles. The molecule has 0 spiro atoms. The fourth-order valence-electron chi connectivity index (χ4n) is 1.89. The average Bonchev–Trinajstić information content (AvgIpc) is 1.60. The number of nitrogens with zero attached hydrogens (tertiary/aromatic N) is 1. The Bertz CT molecular complexity index is 96.7. The van der Waals surface area contributed by atoms with Crippen LogP contribution in [0.25, 0.3) is 0 Å². The van der Waals surface area contributed by atoms with E-state index in [9.17, 15) is 0 Å². The van der Waals surface area contributed by atoms with Crippen molar-refractivity contribution >= 4 is 0 Å². The van der Waals surface area contributed by atoms with Crippen LogP contribution in [0.5, 0.6) is 0 Å². The Morgan fingerprint density at radius 1 is 1.33 bits per heavy atom. The quantitative estimate of drug-likeness (QED) is 0.434. The zero-order chi connectivity index (χ0) is 6.91. The first kappa shape index (κ1) is 7.07. The Morgan fingerprint density at radius 2 is 2.00 bits per heavy atom. The number of quaternary nitrogens is 1. The highest BCUT2D eigenvalue weighted by Gasteiger charge is 2.23. The second-order valence-corrected chi connectivity index (χ2v) is 4.09. The predicted molar refractivity (Wildman–Crippen MR) is 40.2 cm³/mol. The number of rotatable bonds is 0. The smallest absolute Gasteiger partial charge is 0.0808 e. The molecule has 0 aromatic rings. The highest BCUT2D eigenvalue weighted by atomic mass is 15.3. The molecule has 1 heterocycles. The summed E-state index contributed by atoms with van der Waals surface area (Å²) >= 11 is 0. The second kappa shape index (κ2) is 2.30. The Kier molecular flexibility index (Phi) is 1.80. The summed E-state index contributed by atoms with van der Waals surface area (Å²) in [7, 11) is 4.66. The van der Waals surface area contributed by atoms with E-state index in [2.05, 4.69) is 21.0 Å². The standard InChI is InChI=1S/C8H18N/c1-8-5-4-6-9(2,3)7-8/h8H,4-7H2,1-3H3/q+1. The van der Waals surface area contributed by atoms with Gasteiger partial charge in [0.05, 0.1) is 27.2 Å². The van der Waals surface area contributed by atoms with Crippen molar-refractivity contribution in [3.63, 3.8) is 0 Å². The normalized spacial score (nSPS) is 34.3. The van der Waals surface area contributed by atoms with Crippen molar-refractivity contribution in [1.82, 2.24) is 0 Å². The summed E-state index contributed by atoms with van der Waals surface area (Å²) in [6.07, 6.45) is 2.87. The Morgan fingerprint density at radius 3 is 2.33 bits per heavy atom. The fourth-order valence-corrected chi connectivity index (χ4v) is 1.89. The maximum atomic E-state index is 2.36. The highest BCUT2D eigenvalue weighted by molar-refractivity contribution is 4.57. The molecular formula is C8H18N+. The van der Waals surface area contributed by atoms with Crippen LogP contribution in [0.2, 0.25) is 0 Å². The first-order valence-corrected chi connectivity index (χ1v) is 3.92. The summed E-state index contributed by atoms with van der Waals surface area (Å²) in [5.74, 6) is 0.953. The van der Waals surface area contributed by atoms with Gasteiger partial charge >= 0.3 is 0 Å². The number of likely N-dealkylation sites (tertiary alicyclic amines) is 1. The molecule has 0 aliphatic carbocycles. The maximum absolute atomic E-state index is 2.36. The largest absolute Gasteiger partial charge is 0.328 e. The molecule has 0 bridgehead atoms. The van der Waals surface area contributed by atoms with Crippen LogP contribution in [0.15, 0.2) is 0 Å². The summed E-state index contributed by atoms with van der Waals surface area (Å²) < 4.78 is 1.24. The van der Waals surface area contributed by atoms with E-state index in [1.54, 1.807) is 0 Å². The molecule has 0 aromatic heterocycles. The molecule has 9 heavy (non-hydrogen) atoms. The van der Waals surface area contributed by atoms with Gasteiger partial charge < -0.3 is 4.48 Å². The van der Waals surface area contributed by atoms with Crippen LogP contribution in [0.4, 0.5) is 0 Å². The van der Waals surface area contributed by atoms with Gasteiger partial charge in [-0.25, -0.2) is 0 Å². The molecule has 1 nitrogen and oxygen atoms in total. The summed E-state index contributed by atoms with van der Waals surface area (Å²) in [6, 6.07) is 0. The molecule has 0 saturated carbocycles. The van der Waals surface area contributed by atoms with Gasteiger partial charge in [0.2, 0.25) is 0 Å². The zero-order valence-corrected chi connectivity index (χ0v) is 6.85. The monoisotopic (exact) mass is 128 g/mol. The van der Waals surface area contributed by atoms with E-state index in [0.717, 1.165) is 5.92 Å². The molecule has 54 valence electrons. The first-order valence-electron chi connectivity index (χ1n) is 3.92. The van der Waals surface area contributed by atoms with Crippen LogP contribution in [-0.4, -0.2) is 31.7 Å². The fraction of sp³-hybridized carbons (Fsp3) is 1.00. The third-order valence-electron chi connectivity index (χ3n) is 2.27. The van der Waals surface area contributed by atoms with Crippen LogP contribution in [0, 0.1) is 5.92 Å².